The molecule has 0 saturated carbocycles. The fourth-order valence-electron chi connectivity index (χ4n) is 2.88. The van der Waals surface area contributed by atoms with E-state index in [0.717, 1.165) is 5.69 Å². The number of hydrogen-bond donors (Lipinski definition) is 1. The molecule has 4 rings (SSSR count). The zero-order valence-corrected chi connectivity index (χ0v) is 17.4. The van der Waals surface area contributed by atoms with Crippen molar-refractivity contribution < 1.29 is 12.8 Å². The summed E-state index contributed by atoms with van der Waals surface area (Å²) >= 11 is 7.30. The summed E-state index contributed by atoms with van der Waals surface area (Å²) in [6, 6.07) is 12.9. The Labute approximate surface area is 176 Å². The van der Waals surface area contributed by atoms with Crippen molar-refractivity contribution in [1.82, 2.24) is 19.3 Å². The second-order valence-corrected chi connectivity index (χ2v) is 9.48. The topological polar surface area (TPSA) is 76.4 Å². The van der Waals surface area contributed by atoms with Gasteiger partial charge in [-0.05, 0) is 29.8 Å². The Kier molecular flexibility index (Phi) is 5.64. The first kappa shape index (κ1) is 20.0. The molecule has 0 fully saturated rings. The van der Waals surface area contributed by atoms with Crippen molar-refractivity contribution in [1.29, 1.82) is 0 Å². The first-order valence-electron chi connectivity index (χ1n) is 8.70. The predicted octanol–water partition coefficient (Wildman–Crippen LogP) is 3.91. The average Bonchev–Trinajstić information content (AvgIpc) is 3.23. The van der Waals surface area contributed by atoms with Crippen molar-refractivity contribution in [3.8, 4) is 11.4 Å². The number of halogens is 2. The first-order chi connectivity index (χ1) is 13.9. The lowest BCUT2D eigenvalue weighted by Crippen LogP contribution is -2.27. The number of rotatable bonds is 7. The monoisotopic (exact) mass is 450 g/mol. The van der Waals surface area contributed by atoms with E-state index in [9.17, 15) is 12.8 Å². The molecule has 0 unspecified atom stereocenters. The zero-order valence-electron chi connectivity index (χ0n) is 15.0. The van der Waals surface area contributed by atoms with Gasteiger partial charge in [-0.2, -0.15) is 4.98 Å². The van der Waals surface area contributed by atoms with Gasteiger partial charge in [0.2, 0.25) is 15.0 Å². The van der Waals surface area contributed by atoms with Gasteiger partial charge in [0.1, 0.15) is 5.82 Å². The number of fused-ring (bicyclic) bond motifs is 1. The van der Waals surface area contributed by atoms with Crippen LogP contribution in [0.1, 0.15) is 11.3 Å². The molecule has 2 aromatic carbocycles. The molecule has 0 aliphatic rings. The molecule has 2 heterocycles. The number of aromatic nitrogens is 3. The van der Waals surface area contributed by atoms with E-state index >= 15 is 0 Å². The Balaban J connectivity index is 1.43. The predicted molar refractivity (Wildman–Crippen MR) is 112 cm³/mol. The molecule has 0 spiro atoms. The summed E-state index contributed by atoms with van der Waals surface area (Å²) < 4.78 is 42.3. The Morgan fingerprint density at radius 2 is 2.00 bits per heavy atom. The fourth-order valence-corrected chi connectivity index (χ4v) is 5.08. The summed E-state index contributed by atoms with van der Waals surface area (Å²) in [7, 11) is -3.49. The number of benzene rings is 2. The summed E-state index contributed by atoms with van der Waals surface area (Å²) in [4.78, 5) is 5.09. The van der Waals surface area contributed by atoms with Gasteiger partial charge in [-0.15, -0.1) is 16.4 Å². The molecule has 10 heteroatoms. The lowest BCUT2D eigenvalue weighted by atomic mass is 10.2. The highest BCUT2D eigenvalue weighted by molar-refractivity contribution is 7.88. The van der Waals surface area contributed by atoms with Crippen LogP contribution < -0.4 is 4.72 Å². The smallest absolute Gasteiger partial charge is 0.215 e. The van der Waals surface area contributed by atoms with Crippen LogP contribution in [0.5, 0.6) is 0 Å². The quantitative estimate of drug-likeness (QED) is 0.463. The van der Waals surface area contributed by atoms with Crippen molar-refractivity contribution in [3.05, 3.63) is 76.0 Å². The second-order valence-electron chi connectivity index (χ2n) is 6.40. The number of thiazole rings is 1. The third-order valence-electron chi connectivity index (χ3n) is 4.18. The van der Waals surface area contributed by atoms with Crippen molar-refractivity contribution >= 4 is 37.9 Å². The molecule has 0 radical (unpaired) electrons. The molecule has 0 bridgehead atoms. The molecular weight excluding hydrogens is 435 g/mol. The molecule has 4 aromatic rings. The summed E-state index contributed by atoms with van der Waals surface area (Å²) in [6.07, 6.45) is 0.445. The standard InChI is InChI=1S/C19H16ClFN4O2S2/c20-15-5-1-3-13(9-15)12-29(26,27)22-8-7-17-11-28-19-23-18(24-25(17)19)14-4-2-6-16(21)10-14/h1-6,9-11,22H,7-8,12H2. The number of nitrogens with one attached hydrogen (secondary N) is 1. The van der Waals surface area contributed by atoms with E-state index in [1.54, 1.807) is 40.9 Å². The van der Waals surface area contributed by atoms with E-state index in [4.69, 9.17) is 11.6 Å². The minimum Gasteiger partial charge on any atom is -0.215 e. The van der Waals surface area contributed by atoms with Gasteiger partial charge in [-0.25, -0.2) is 22.0 Å². The Morgan fingerprint density at radius 1 is 1.17 bits per heavy atom. The third kappa shape index (κ3) is 4.81. The van der Waals surface area contributed by atoms with Crippen molar-refractivity contribution in [2.45, 2.75) is 12.2 Å². The minimum atomic E-state index is -3.49. The average molecular weight is 451 g/mol. The van der Waals surface area contributed by atoms with Crippen LogP contribution in [0, 0.1) is 5.82 Å². The van der Waals surface area contributed by atoms with Crippen LogP contribution in [0.4, 0.5) is 4.39 Å². The van der Waals surface area contributed by atoms with E-state index in [2.05, 4.69) is 14.8 Å². The van der Waals surface area contributed by atoms with Gasteiger partial charge in [0.15, 0.2) is 5.82 Å². The summed E-state index contributed by atoms with van der Waals surface area (Å²) in [6.45, 7) is 0.226. The highest BCUT2D eigenvalue weighted by Crippen LogP contribution is 2.21. The zero-order chi connectivity index (χ0) is 20.4. The summed E-state index contributed by atoms with van der Waals surface area (Å²) in [5, 5.41) is 6.82. The number of hydrogen-bond acceptors (Lipinski definition) is 5. The number of sulfonamides is 1. The van der Waals surface area contributed by atoms with Gasteiger partial charge in [-0.1, -0.05) is 35.9 Å². The lowest BCUT2D eigenvalue weighted by molar-refractivity contribution is 0.580. The molecule has 6 nitrogen and oxygen atoms in total. The van der Waals surface area contributed by atoms with Crippen molar-refractivity contribution in [3.63, 3.8) is 0 Å². The molecular formula is C19H16ClFN4O2S2. The lowest BCUT2D eigenvalue weighted by Gasteiger charge is -2.06. The van der Waals surface area contributed by atoms with E-state index in [-0.39, 0.29) is 18.1 Å². The van der Waals surface area contributed by atoms with Gasteiger partial charge in [0.05, 0.1) is 11.4 Å². The molecule has 0 amide bonds. The van der Waals surface area contributed by atoms with Crippen LogP contribution in [0.15, 0.2) is 53.9 Å². The number of nitrogens with zero attached hydrogens (tertiary/aromatic N) is 3. The van der Waals surface area contributed by atoms with Crippen LogP contribution in [0.3, 0.4) is 0 Å². The highest BCUT2D eigenvalue weighted by Gasteiger charge is 2.14. The maximum Gasteiger partial charge on any atom is 0.215 e. The van der Waals surface area contributed by atoms with Crippen molar-refractivity contribution in [2.75, 3.05) is 6.54 Å². The molecule has 29 heavy (non-hydrogen) atoms. The van der Waals surface area contributed by atoms with Gasteiger partial charge >= 0.3 is 0 Å². The maximum atomic E-state index is 13.4. The van der Waals surface area contributed by atoms with Gasteiger partial charge in [0, 0.05) is 28.9 Å². The SMILES string of the molecule is O=S(=O)(Cc1cccc(Cl)c1)NCCc1csc2nc(-c3cccc(F)c3)nn12. The van der Waals surface area contributed by atoms with E-state index in [1.165, 1.54) is 23.5 Å². The molecule has 0 aliphatic heterocycles. The van der Waals surface area contributed by atoms with Crippen LogP contribution in [0.25, 0.3) is 16.3 Å². The van der Waals surface area contributed by atoms with Crippen LogP contribution in [-0.2, 0) is 22.2 Å². The van der Waals surface area contributed by atoms with Crippen molar-refractivity contribution in [2.24, 2.45) is 0 Å². The molecule has 150 valence electrons. The summed E-state index contributed by atoms with van der Waals surface area (Å²) in [5.41, 5.74) is 2.04. The van der Waals surface area contributed by atoms with E-state index < -0.39 is 10.0 Å². The fraction of sp³-hybridized carbons (Fsp3) is 0.158. The Hall–Kier alpha value is -2.33. The Morgan fingerprint density at radius 3 is 2.79 bits per heavy atom. The normalized spacial score (nSPS) is 11.9. The van der Waals surface area contributed by atoms with Crippen LogP contribution in [0.2, 0.25) is 5.02 Å². The largest absolute Gasteiger partial charge is 0.215 e. The first-order valence-corrected chi connectivity index (χ1v) is 11.6. The summed E-state index contributed by atoms with van der Waals surface area (Å²) in [5.74, 6) is -0.0613. The highest BCUT2D eigenvalue weighted by atomic mass is 35.5. The molecule has 1 N–H and O–H groups in total. The maximum absolute atomic E-state index is 13.4. The third-order valence-corrected chi connectivity index (χ3v) is 6.64. The minimum absolute atomic E-state index is 0.139. The van der Waals surface area contributed by atoms with Crippen LogP contribution >= 0.6 is 22.9 Å². The van der Waals surface area contributed by atoms with Gasteiger partial charge in [0.25, 0.3) is 0 Å². The van der Waals surface area contributed by atoms with E-state index in [0.29, 0.717) is 33.4 Å². The van der Waals surface area contributed by atoms with E-state index in [1.807, 2.05) is 5.38 Å². The van der Waals surface area contributed by atoms with Gasteiger partial charge in [-0.3, -0.25) is 0 Å². The molecule has 0 atom stereocenters. The Bertz CT molecular complexity index is 1270. The second kappa shape index (κ2) is 8.19. The molecule has 2 aromatic heterocycles. The van der Waals surface area contributed by atoms with Crippen LogP contribution in [-0.4, -0.2) is 29.6 Å². The molecule has 0 saturated heterocycles. The van der Waals surface area contributed by atoms with Gasteiger partial charge < -0.3 is 0 Å². The molecule has 0 aliphatic carbocycles.